The Kier molecular flexibility index (Phi) is 5.36. The van der Waals surface area contributed by atoms with Gasteiger partial charge in [-0.25, -0.2) is 0 Å². The number of hydrogen-bond donors (Lipinski definition) is 2. The number of rotatable bonds is 5. The van der Waals surface area contributed by atoms with Gasteiger partial charge in [0.2, 0.25) is 11.8 Å². The Bertz CT molecular complexity index is 806. The normalized spacial score (nSPS) is 10.7. The molecule has 4 N–H and O–H groups in total. The number of nitrogens with zero attached hydrogens (tertiary/aromatic N) is 1. The van der Waals surface area contributed by atoms with Crippen molar-refractivity contribution in [2.75, 3.05) is 13.1 Å². The van der Waals surface area contributed by atoms with Crippen molar-refractivity contribution in [3.05, 3.63) is 32.1 Å². The molecule has 2 aromatic rings. The van der Waals surface area contributed by atoms with Crippen LogP contribution in [-0.4, -0.2) is 35.7 Å². The molecule has 6 nitrogen and oxygen atoms in total. The monoisotopic (exact) mass is 393 g/mol. The van der Waals surface area contributed by atoms with Crippen LogP contribution in [0.25, 0.3) is 10.1 Å². The fourth-order valence-corrected chi connectivity index (χ4v) is 4.31. The van der Waals surface area contributed by atoms with Crippen LogP contribution in [0.15, 0.2) is 12.1 Å². The van der Waals surface area contributed by atoms with Gasteiger partial charge in [0.15, 0.2) is 0 Å². The van der Waals surface area contributed by atoms with E-state index in [2.05, 4.69) is 0 Å². The third kappa shape index (κ3) is 3.87. The molecule has 10 heteroatoms. The topological polar surface area (TPSA) is 106 Å². The summed E-state index contributed by atoms with van der Waals surface area (Å²) in [6.07, 6.45) is 0. The molecule has 0 aliphatic rings. The Morgan fingerprint density at radius 1 is 1.04 bits per heavy atom. The molecule has 0 fully saturated rings. The van der Waals surface area contributed by atoms with Gasteiger partial charge in [0.05, 0.1) is 10.0 Å². The van der Waals surface area contributed by atoms with Crippen molar-refractivity contribution < 1.29 is 14.4 Å². The molecule has 2 rings (SSSR count). The smallest absolute Gasteiger partial charge is 0.266 e. The zero-order valence-electron chi connectivity index (χ0n) is 11.4. The molecular formula is C13H10Cl3N3O3S. The van der Waals surface area contributed by atoms with Gasteiger partial charge in [0.25, 0.3) is 5.91 Å². The van der Waals surface area contributed by atoms with Crippen LogP contribution in [0.1, 0.15) is 9.67 Å². The molecule has 0 aliphatic heterocycles. The van der Waals surface area contributed by atoms with Crippen molar-refractivity contribution >= 4 is 73.9 Å². The number of primary amides is 2. The van der Waals surface area contributed by atoms with Crippen LogP contribution in [0.3, 0.4) is 0 Å². The van der Waals surface area contributed by atoms with E-state index in [-0.39, 0.29) is 9.90 Å². The van der Waals surface area contributed by atoms with E-state index < -0.39 is 30.8 Å². The summed E-state index contributed by atoms with van der Waals surface area (Å²) in [5.41, 5.74) is 10.2. The first-order chi connectivity index (χ1) is 10.7. The van der Waals surface area contributed by atoms with Gasteiger partial charge >= 0.3 is 0 Å². The molecule has 1 aromatic heterocycles. The number of halogens is 3. The SMILES string of the molecule is NC(=O)CN(CC(N)=O)C(=O)c1sc2cc(Cl)cc(Cl)c2c1Cl. The van der Waals surface area contributed by atoms with E-state index in [0.717, 1.165) is 16.2 Å². The molecule has 0 saturated carbocycles. The predicted molar refractivity (Wildman–Crippen MR) is 91.1 cm³/mol. The second kappa shape index (κ2) is 6.92. The van der Waals surface area contributed by atoms with Gasteiger partial charge in [0.1, 0.15) is 18.0 Å². The fourth-order valence-electron chi connectivity index (χ4n) is 1.97. The molecule has 1 aromatic carbocycles. The van der Waals surface area contributed by atoms with Gasteiger partial charge in [0, 0.05) is 15.1 Å². The number of nitrogens with two attached hydrogens (primary N) is 2. The minimum absolute atomic E-state index is 0.119. The molecule has 122 valence electrons. The van der Waals surface area contributed by atoms with Crippen molar-refractivity contribution in [3.8, 4) is 0 Å². The van der Waals surface area contributed by atoms with E-state index >= 15 is 0 Å². The first kappa shape index (κ1) is 17.8. The molecular weight excluding hydrogens is 385 g/mol. The van der Waals surface area contributed by atoms with E-state index in [0.29, 0.717) is 20.1 Å². The van der Waals surface area contributed by atoms with Gasteiger partial charge in [-0.3, -0.25) is 14.4 Å². The lowest BCUT2D eigenvalue weighted by molar-refractivity contribution is -0.121. The van der Waals surface area contributed by atoms with E-state index in [1.165, 1.54) is 6.07 Å². The Morgan fingerprint density at radius 2 is 1.61 bits per heavy atom. The Morgan fingerprint density at radius 3 is 2.13 bits per heavy atom. The lowest BCUT2D eigenvalue weighted by Gasteiger charge is -2.18. The summed E-state index contributed by atoms with van der Waals surface area (Å²) in [5.74, 6) is -2.20. The number of carbonyl (C=O) groups excluding carboxylic acids is 3. The van der Waals surface area contributed by atoms with E-state index in [1.54, 1.807) is 6.07 Å². The molecule has 1 heterocycles. The van der Waals surface area contributed by atoms with Crippen LogP contribution < -0.4 is 11.5 Å². The molecule has 0 bridgehead atoms. The molecule has 23 heavy (non-hydrogen) atoms. The molecule has 3 amide bonds. The number of thiophene rings is 1. The zero-order valence-corrected chi connectivity index (χ0v) is 14.5. The lowest BCUT2D eigenvalue weighted by atomic mass is 10.2. The van der Waals surface area contributed by atoms with Gasteiger partial charge in [-0.1, -0.05) is 34.8 Å². The third-order valence-electron chi connectivity index (χ3n) is 2.82. The molecule has 0 unspecified atom stereocenters. The highest BCUT2D eigenvalue weighted by Crippen LogP contribution is 2.41. The van der Waals surface area contributed by atoms with E-state index in [4.69, 9.17) is 46.3 Å². The largest absolute Gasteiger partial charge is 0.368 e. The number of hydrogen-bond acceptors (Lipinski definition) is 4. The first-order valence-corrected chi connectivity index (χ1v) is 8.08. The summed E-state index contributed by atoms with van der Waals surface area (Å²) in [5, 5.41) is 1.29. The van der Waals surface area contributed by atoms with Crippen molar-refractivity contribution in [1.29, 1.82) is 0 Å². The second-order valence-electron chi connectivity index (χ2n) is 4.60. The van der Waals surface area contributed by atoms with Crippen LogP contribution in [0.4, 0.5) is 0 Å². The van der Waals surface area contributed by atoms with Crippen LogP contribution in [0.5, 0.6) is 0 Å². The second-order valence-corrected chi connectivity index (χ2v) is 6.87. The lowest BCUT2D eigenvalue weighted by Crippen LogP contribution is -2.43. The predicted octanol–water partition coefficient (Wildman–Crippen LogP) is 2.27. The van der Waals surface area contributed by atoms with Gasteiger partial charge in [-0.2, -0.15) is 0 Å². The summed E-state index contributed by atoms with van der Waals surface area (Å²) in [4.78, 5) is 35.8. The number of carbonyl (C=O) groups is 3. The maximum absolute atomic E-state index is 12.6. The summed E-state index contributed by atoms with van der Waals surface area (Å²) in [6.45, 7) is -0.915. The Labute approximate surface area is 149 Å². The summed E-state index contributed by atoms with van der Waals surface area (Å²) < 4.78 is 0.606. The van der Waals surface area contributed by atoms with Gasteiger partial charge < -0.3 is 16.4 Å². The maximum atomic E-state index is 12.6. The molecule has 0 aliphatic carbocycles. The zero-order chi connectivity index (χ0) is 17.3. The maximum Gasteiger partial charge on any atom is 0.266 e. The average Bonchev–Trinajstić information content (AvgIpc) is 2.73. The average molecular weight is 395 g/mol. The fraction of sp³-hybridized carbons (Fsp3) is 0.154. The van der Waals surface area contributed by atoms with Crippen LogP contribution in [0, 0.1) is 0 Å². The quantitative estimate of drug-likeness (QED) is 0.812. The minimum atomic E-state index is -0.780. The van der Waals surface area contributed by atoms with Crippen LogP contribution in [0.2, 0.25) is 15.1 Å². The molecule has 0 spiro atoms. The van der Waals surface area contributed by atoms with Gasteiger partial charge in [-0.05, 0) is 12.1 Å². The number of benzene rings is 1. The first-order valence-electron chi connectivity index (χ1n) is 6.13. The van der Waals surface area contributed by atoms with Crippen molar-refractivity contribution in [2.45, 2.75) is 0 Å². The summed E-state index contributed by atoms with van der Waals surface area (Å²) >= 11 is 19.3. The third-order valence-corrected chi connectivity index (χ3v) is 4.96. The molecule has 0 atom stereocenters. The highest BCUT2D eigenvalue weighted by atomic mass is 35.5. The number of fused-ring (bicyclic) bond motifs is 1. The summed E-state index contributed by atoms with van der Waals surface area (Å²) in [6, 6.07) is 3.12. The molecule has 0 saturated heterocycles. The van der Waals surface area contributed by atoms with E-state index in [9.17, 15) is 14.4 Å². The highest BCUT2D eigenvalue weighted by Gasteiger charge is 2.26. The Balaban J connectivity index is 2.50. The Hall–Kier alpha value is -1.54. The van der Waals surface area contributed by atoms with Crippen molar-refractivity contribution in [2.24, 2.45) is 11.5 Å². The standard InChI is InChI=1S/C13H10Cl3N3O3S/c14-5-1-6(15)10-7(2-5)23-12(11(10)16)13(22)19(3-8(17)20)4-9(18)21/h1-2H,3-4H2,(H2,17,20)(H2,18,21). The summed E-state index contributed by atoms with van der Waals surface area (Å²) in [7, 11) is 0. The van der Waals surface area contributed by atoms with Gasteiger partial charge in [-0.15, -0.1) is 11.3 Å². The molecule has 0 radical (unpaired) electrons. The highest BCUT2D eigenvalue weighted by molar-refractivity contribution is 7.21. The van der Waals surface area contributed by atoms with Crippen LogP contribution in [-0.2, 0) is 9.59 Å². The van der Waals surface area contributed by atoms with Crippen LogP contribution >= 0.6 is 46.1 Å². The van der Waals surface area contributed by atoms with Crippen molar-refractivity contribution in [3.63, 3.8) is 0 Å². The van der Waals surface area contributed by atoms with E-state index in [1.807, 2.05) is 0 Å². The van der Waals surface area contributed by atoms with Crippen molar-refractivity contribution in [1.82, 2.24) is 4.90 Å². The number of amides is 3. The minimum Gasteiger partial charge on any atom is -0.368 e.